The van der Waals surface area contributed by atoms with Crippen molar-refractivity contribution in [2.24, 2.45) is 0 Å². The first-order valence-corrected chi connectivity index (χ1v) is 11.6. The zero-order chi connectivity index (χ0) is 22.7. The highest BCUT2D eigenvalue weighted by Crippen LogP contribution is 2.32. The molecule has 0 aromatic heterocycles. The fourth-order valence-electron chi connectivity index (χ4n) is 4.54. The molecule has 6 nitrogen and oxygen atoms in total. The third-order valence-electron chi connectivity index (χ3n) is 6.59. The molecular weight excluding hydrogens is 400 g/mol. The number of hydrogen-bond donors (Lipinski definition) is 1. The lowest BCUT2D eigenvalue weighted by atomic mass is 9.86. The molecule has 2 heterocycles. The smallest absolute Gasteiger partial charge is 0.335 e. The molecule has 2 aliphatic heterocycles. The number of piperazine rings is 1. The lowest BCUT2D eigenvalue weighted by Gasteiger charge is -2.34. The van der Waals surface area contributed by atoms with E-state index in [2.05, 4.69) is 72.4 Å². The Hall–Kier alpha value is -2.57. The Morgan fingerprint density at radius 2 is 1.66 bits per heavy atom. The van der Waals surface area contributed by atoms with Crippen LogP contribution < -0.4 is 10.1 Å². The van der Waals surface area contributed by atoms with Gasteiger partial charge in [-0.15, -0.1) is 0 Å². The van der Waals surface area contributed by atoms with E-state index in [-0.39, 0.29) is 17.5 Å². The number of rotatable bonds is 6. The monoisotopic (exact) mass is 436 g/mol. The number of amides is 2. The van der Waals surface area contributed by atoms with Gasteiger partial charge in [-0.1, -0.05) is 57.2 Å². The summed E-state index contributed by atoms with van der Waals surface area (Å²) in [5.41, 5.74) is 3.85. The topological polar surface area (TPSA) is 48.1 Å². The van der Waals surface area contributed by atoms with Crippen LogP contribution in [0.5, 0.6) is 5.75 Å². The minimum Gasteiger partial charge on any atom is -0.497 e. The van der Waals surface area contributed by atoms with Gasteiger partial charge < -0.3 is 15.0 Å². The van der Waals surface area contributed by atoms with Gasteiger partial charge in [0, 0.05) is 32.7 Å². The van der Waals surface area contributed by atoms with Gasteiger partial charge in [0.15, 0.2) is 0 Å². The molecule has 0 radical (unpaired) electrons. The van der Waals surface area contributed by atoms with Gasteiger partial charge in [-0.05, 0) is 40.7 Å². The van der Waals surface area contributed by atoms with Crippen molar-refractivity contribution in [2.45, 2.75) is 38.6 Å². The molecule has 32 heavy (non-hydrogen) atoms. The summed E-state index contributed by atoms with van der Waals surface area (Å²) in [6.45, 7) is 11.7. The SMILES string of the molecule is COc1ccc(CCN2C(=O)N(N3CCNCC3)CC2c2ccc(C(C)(C)C)cc2)cc1. The Bertz CT molecular complexity index is 899. The molecule has 2 amide bonds. The van der Waals surface area contributed by atoms with E-state index in [9.17, 15) is 4.79 Å². The van der Waals surface area contributed by atoms with E-state index in [1.54, 1.807) is 7.11 Å². The van der Waals surface area contributed by atoms with E-state index in [0.29, 0.717) is 13.1 Å². The number of carbonyl (C=O) groups is 1. The second kappa shape index (κ2) is 9.51. The Balaban J connectivity index is 1.54. The highest BCUT2D eigenvalue weighted by atomic mass is 16.5. The van der Waals surface area contributed by atoms with Gasteiger partial charge in [0.2, 0.25) is 0 Å². The Morgan fingerprint density at radius 3 is 2.25 bits per heavy atom. The summed E-state index contributed by atoms with van der Waals surface area (Å²) in [7, 11) is 1.68. The van der Waals surface area contributed by atoms with E-state index in [1.165, 1.54) is 16.7 Å². The van der Waals surface area contributed by atoms with Crippen LogP contribution in [0.15, 0.2) is 48.5 Å². The fraction of sp³-hybridized carbons (Fsp3) is 0.500. The first-order valence-electron chi connectivity index (χ1n) is 11.6. The summed E-state index contributed by atoms with van der Waals surface area (Å²) in [4.78, 5) is 15.6. The van der Waals surface area contributed by atoms with Crippen molar-refractivity contribution in [1.82, 2.24) is 20.2 Å². The van der Waals surface area contributed by atoms with Crippen LogP contribution in [0.4, 0.5) is 4.79 Å². The van der Waals surface area contributed by atoms with Gasteiger partial charge in [-0.3, -0.25) is 5.01 Å². The minimum absolute atomic E-state index is 0.0599. The lowest BCUT2D eigenvalue weighted by Crippen LogP contribution is -2.53. The van der Waals surface area contributed by atoms with Crippen molar-refractivity contribution >= 4 is 6.03 Å². The van der Waals surface area contributed by atoms with Gasteiger partial charge in [0.1, 0.15) is 5.75 Å². The van der Waals surface area contributed by atoms with Crippen molar-refractivity contribution in [3.63, 3.8) is 0 Å². The summed E-state index contributed by atoms with van der Waals surface area (Å²) in [5.74, 6) is 0.854. The van der Waals surface area contributed by atoms with Gasteiger partial charge in [0.05, 0.1) is 19.7 Å². The predicted octanol–water partition coefficient (Wildman–Crippen LogP) is 3.83. The molecule has 2 aromatic rings. The van der Waals surface area contributed by atoms with Crippen molar-refractivity contribution in [3.8, 4) is 5.75 Å². The molecule has 6 heteroatoms. The van der Waals surface area contributed by atoms with Crippen LogP contribution in [-0.4, -0.2) is 67.3 Å². The third kappa shape index (κ3) is 4.92. The maximum absolute atomic E-state index is 13.5. The number of hydrazine groups is 1. The molecule has 2 aromatic carbocycles. The van der Waals surface area contributed by atoms with E-state index in [0.717, 1.165) is 38.3 Å². The number of methoxy groups -OCH3 is 1. The Labute approximate surface area is 192 Å². The molecule has 0 bridgehead atoms. The number of carbonyl (C=O) groups excluding carboxylic acids is 1. The highest BCUT2D eigenvalue weighted by molar-refractivity contribution is 5.77. The molecule has 4 rings (SSSR count). The maximum Gasteiger partial charge on any atom is 0.335 e. The van der Waals surface area contributed by atoms with Crippen LogP contribution in [0.25, 0.3) is 0 Å². The standard InChI is InChI=1S/C26H36N4O2/c1-26(2,3)22-9-7-21(8-10-22)24-19-30(28-17-14-27-15-18-28)25(31)29(24)16-13-20-5-11-23(32-4)12-6-20/h5-12,24,27H,13-19H2,1-4H3. The van der Waals surface area contributed by atoms with Gasteiger partial charge in [-0.2, -0.15) is 0 Å². The number of hydrogen-bond acceptors (Lipinski definition) is 4. The van der Waals surface area contributed by atoms with Crippen LogP contribution >= 0.6 is 0 Å². The number of nitrogens with one attached hydrogen (secondary N) is 1. The molecule has 1 N–H and O–H groups in total. The van der Waals surface area contributed by atoms with E-state index in [1.807, 2.05) is 17.1 Å². The predicted molar refractivity (Wildman–Crippen MR) is 128 cm³/mol. The zero-order valence-electron chi connectivity index (χ0n) is 19.8. The normalized spacial score (nSPS) is 20.1. The average molecular weight is 437 g/mol. The first-order chi connectivity index (χ1) is 15.4. The molecule has 0 aliphatic carbocycles. The van der Waals surface area contributed by atoms with Crippen LogP contribution in [0.3, 0.4) is 0 Å². The third-order valence-corrected chi connectivity index (χ3v) is 6.59. The van der Waals surface area contributed by atoms with Crippen LogP contribution in [-0.2, 0) is 11.8 Å². The molecule has 2 fully saturated rings. The van der Waals surface area contributed by atoms with Gasteiger partial charge >= 0.3 is 6.03 Å². The molecule has 172 valence electrons. The van der Waals surface area contributed by atoms with Crippen LogP contribution in [0.2, 0.25) is 0 Å². The summed E-state index contributed by atoms with van der Waals surface area (Å²) in [6.07, 6.45) is 0.821. The number of urea groups is 1. The summed E-state index contributed by atoms with van der Waals surface area (Å²) >= 11 is 0. The Morgan fingerprint density at radius 1 is 1.00 bits per heavy atom. The van der Waals surface area contributed by atoms with Crippen LogP contribution in [0, 0.1) is 0 Å². The van der Waals surface area contributed by atoms with E-state index in [4.69, 9.17) is 4.74 Å². The summed E-state index contributed by atoms with van der Waals surface area (Å²) in [6, 6.07) is 17.2. The quantitative estimate of drug-likeness (QED) is 0.748. The molecule has 1 unspecified atom stereocenters. The second-order valence-corrected chi connectivity index (χ2v) is 9.75. The minimum atomic E-state index is 0.0599. The molecule has 2 saturated heterocycles. The maximum atomic E-state index is 13.5. The van der Waals surface area contributed by atoms with Crippen molar-refractivity contribution < 1.29 is 9.53 Å². The molecule has 0 saturated carbocycles. The van der Waals surface area contributed by atoms with Crippen molar-refractivity contribution in [2.75, 3.05) is 46.4 Å². The second-order valence-electron chi connectivity index (χ2n) is 9.75. The lowest BCUT2D eigenvalue weighted by molar-refractivity contribution is 0.0170. The average Bonchev–Trinajstić information content (AvgIpc) is 3.14. The molecule has 2 aliphatic rings. The first kappa shape index (κ1) is 22.6. The number of ether oxygens (including phenoxy) is 1. The number of nitrogens with zero attached hydrogens (tertiary/aromatic N) is 3. The van der Waals surface area contributed by atoms with Gasteiger partial charge in [0.25, 0.3) is 0 Å². The molecule has 1 atom stereocenters. The largest absolute Gasteiger partial charge is 0.497 e. The highest BCUT2D eigenvalue weighted by Gasteiger charge is 2.40. The molecule has 0 spiro atoms. The van der Waals surface area contributed by atoms with Crippen LogP contribution in [0.1, 0.15) is 43.5 Å². The summed E-state index contributed by atoms with van der Waals surface area (Å²) < 4.78 is 5.27. The van der Waals surface area contributed by atoms with E-state index >= 15 is 0 Å². The van der Waals surface area contributed by atoms with Gasteiger partial charge in [-0.25, -0.2) is 9.80 Å². The number of benzene rings is 2. The zero-order valence-corrected chi connectivity index (χ0v) is 19.8. The molecular formula is C26H36N4O2. The van der Waals surface area contributed by atoms with Crippen molar-refractivity contribution in [3.05, 3.63) is 65.2 Å². The van der Waals surface area contributed by atoms with Crippen molar-refractivity contribution in [1.29, 1.82) is 0 Å². The fourth-order valence-corrected chi connectivity index (χ4v) is 4.54. The van der Waals surface area contributed by atoms with E-state index < -0.39 is 0 Å². The Kier molecular flexibility index (Phi) is 6.72. The summed E-state index contributed by atoms with van der Waals surface area (Å²) in [5, 5.41) is 7.56.